The molecule has 0 spiro atoms. The molecule has 0 aliphatic heterocycles. The summed E-state index contributed by atoms with van der Waals surface area (Å²) in [5.74, 6) is -0.213. The number of furan rings is 1. The van der Waals surface area contributed by atoms with Crippen LogP contribution < -0.4 is 5.73 Å². The second kappa shape index (κ2) is 6.20. The van der Waals surface area contributed by atoms with Crippen LogP contribution in [-0.4, -0.2) is 24.0 Å². The van der Waals surface area contributed by atoms with Gasteiger partial charge in [0.2, 0.25) is 0 Å². The van der Waals surface area contributed by atoms with Crippen LogP contribution in [0.4, 0.5) is 4.39 Å². The molecule has 2 rings (SSSR count). The van der Waals surface area contributed by atoms with Crippen molar-refractivity contribution in [2.45, 2.75) is 25.4 Å². The quantitative estimate of drug-likeness (QED) is 0.882. The Hall–Kier alpha value is -1.65. The van der Waals surface area contributed by atoms with E-state index in [0.29, 0.717) is 6.54 Å². The van der Waals surface area contributed by atoms with Crippen LogP contribution >= 0.6 is 0 Å². The standard InChI is InChI=1S/C16H21FN2O/c1-16(12-18,9-13-3-5-15(17)6-4-13)19(2)10-14-7-8-20-11-14/h3-8,11H,9-10,12,18H2,1-2H3. The summed E-state index contributed by atoms with van der Waals surface area (Å²) in [6.45, 7) is 3.42. The number of hydrogen-bond donors (Lipinski definition) is 1. The molecule has 4 heteroatoms. The van der Waals surface area contributed by atoms with Crippen LogP contribution in [0, 0.1) is 5.82 Å². The van der Waals surface area contributed by atoms with E-state index >= 15 is 0 Å². The van der Waals surface area contributed by atoms with Gasteiger partial charge in [-0.05, 0) is 44.2 Å². The van der Waals surface area contributed by atoms with E-state index in [-0.39, 0.29) is 11.4 Å². The summed E-state index contributed by atoms with van der Waals surface area (Å²) in [5, 5.41) is 0. The molecule has 0 saturated carbocycles. The molecular formula is C16H21FN2O. The Morgan fingerprint density at radius 2 is 1.90 bits per heavy atom. The number of hydrogen-bond acceptors (Lipinski definition) is 3. The van der Waals surface area contributed by atoms with Gasteiger partial charge in [0.1, 0.15) is 5.82 Å². The van der Waals surface area contributed by atoms with Crippen LogP contribution in [0.3, 0.4) is 0 Å². The molecule has 0 amide bonds. The maximum absolute atomic E-state index is 13.0. The zero-order valence-corrected chi connectivity index (χ0v) is 12.0. The van der Waals surface area contributed by atoms with Gasteiger partial charge in [-0.25, -0.2) is 4.39 Å². The zero-order valence-electron chi connectivity index (χ0n) is 12.0. The minimum absolute atomic E-state index is 0.185. The fourth-order valence-corrected chi connectivity index (χ4v) is 2.25. The lowest BCUT2D eigenvalue weighted by Gasteiger charge is -2.38. The van der Waals surface area contributed by atoms with Gasteiger partial charge in [0.05, 0.1) is 12.5 Å². The summed E-state index contributed by atoms with van der Waals surface area (Å²) >= 11 is 0. The van der Waals surface area contributed by atoms with E-state index in [1.165, 1.54) is 12.1 Å². The van der Waals surface area contributed by atoms with Crippen molar-refractivity contribution in [2.24, 2.45) is 5.73 Å². The van der Waals surface area contributed by atoms with Crippen molar-refractivity contribution < 1.29 is 8.81 Å². The minimum atomic E-state index is -0.213. The third-order valence-corrected chi connectivity index (χ3v) is 3.86. The number of nitrogens with two attached hydrogens (primary N) is 1. The van der Waals surface area contributed by atoms with Gasteiger partial charge in [-0.15, -0.1) is 0 Å². The monoisotopic (exact) mass is 276 g/mol. The Morgan fingerprint density at radius 3 is 2.45 bits per heavy atom. The van der Waals surface area contributed by atoms with Crippen LogP contribution in [0.15, 0.2) is 47.3 Å². The van der Waals surface area contributed by atoms with Crippen LogP contribution in [0.2, 0.25) is 0 Å². The largest absolute Gasteiger partial charge is 0.472 e. The van der Waals surface area contributed by atoms with E-state index in [2.05, 4.69) is 11.8 Å². The molecule has 1 unspecified atom stereocenters. The van der Waals surface area contributed by atoms with Gasteiger partial charge >= 0.3 is 0 Å². The van der Waals surface area contributed by atoms with Gasteiger partial charge < -0.3 is 10.2 Å². The van der Waals surface area contributed by atoms with Gasteiger partial charge in [-0.2, -0.15) is 0 Å². The fraction of sp³-hybridized carbons (Fsp3) is 0.375. The van der Waals surface area contributed by atoms with Crippen molar-refractivity contribution in [3.63, 3.8) is 0 Å². The molecule has 0 saturated heterocycles. The second-order valence-corrected chi connectivity index (χ2v) is 5.49. The van der Waals surface area contributed by atoms with Gasteiger partial charge in [0, 0.05) is 24.2 Å². The van der Waals surface area contributed by atoms with Crippen LogP contribution in [0.25, 0.3) is 0 Å². The molecule has 1 heterocycles. The van der Waals surface area contributed by atoms with Crippen molar-refractivity contribution >= 4 is 0 Å². The molecule has 3 nitrogen and oxygen atoms in total. The number of rotatable bonds is 6. The average Bonchev–Trinajstić information content (AvgIpc) is 2.94. The molecule has 0 fully saturated rings. The predicted molar refractivity (Wildman–Crippen MR) is 77.7 cm³/mol. The predicted octanol–water partition coefficient (Wildman–Crippen LogP) is 2.81. The summed E-state index contributed by atoms with van der Waals surface area (Å²) in [7, 11) is 2.05. The van der Waals surface area contributed by atoms with Crippen molar-refractivity contribution in [1.29, 1.82) is 0 Å². The van der Waals surface area contributed by atoms with E-state index in [1.807, 2.05) is 25.2 Å². The average molecular weight is 276 g/mol. The van der Waals surface area contributed by atoms with E-state index in [4.69, 9.17) is 10.2 Å². The summed E-state index contributed by atoms with van der Waals surface area (Å²) in [6, 6.07) is 8.56. The summed E-state index contributed by atoms with van der Waals surface area (Å²) in [5.41, 5.74) is 7.99. The number of nitrogens with zero attached hydrogens (tertiary/aromatic N) is 1. The van der Waals surface area contributed by atoms with Crippen molar-refractivity contribution in [3.8, 4) is 0 Å². The van der Waals surface area contributed by atoms with E-state index in [0.717, 1.165) is 24.1 Å². The first kappa shape index (κ1) is 14.8. The fourth-order valence-electron chi connectivity index (χ4n) is 2.25. The maximum Gasteiger partial charge on any atom is 0.123 e. The Bertz CT molecular complexity index is 524. The topological polar surface area (TPSA) is 42.4 Å². The van der Waals surface area contributed by atoms with Crippen molar-refractivity contribution in [2.75, 3.05) is 13.6 Å². The summed E-state index contributed by atoms with van der Waals surface area (Å²) < 4.78 is 18.1. The van der Waals surface area contributed by atoms with E-state index < -0.39 is 0 Å². The zero-order chi connectivity index (χ0) is 14.6. The van der Waals surface area contributed by atoms with Gasteiger partial charge in [0.25, 0.3) is 0 Å². The molecule has 1 aromatic heterocycles. The van der Waals surface area contributed by atoms with E-state index in [9.17, 15) is 4.39 Å². The summed E-state index contributed by atoms with van der Waals surface area (Å²) in [6.07, 6.45) is 4.19. The molecule has 0 radical (unpaired) electrons. The lowest BCUT2D eigenvalue weighted by molar-refractivity contribution is 0.136. The Balaban J connectivity index is 2.09. The molecule has 2 aromatic rings. The van der Waals surface area contributed by atoms with E-state index in [1.54, 1.807) is 12.5 Å². The molecule has 2 N–H and O–H groups in total. The van der Waals surface area contributed by atoms with Crippen molar-refractivity contribution in [1.82, 2.24) is 4.90 Å². The molecule has 1 atom stereocenters. The first-order valence-corrected chi connectivity index (χ1v) is 6.70. The molecule has 0 aliphatic carbocycles. The lowest BCUT2D eigenvalue weighted by atomic mass is 9.91. The highest BCUT2D eigenvalue weighted by atomic mass is 19.1. The lowest BCUT2D eigenvalue weighted by Crippen LogP contribution is -2.50. The maximum atomic E-state index is 13.0. The van der Waals surface area contributed by atoms with Crippen LogP contribution in [-0.2, 0) is 13.0 Å². The molecule has 108 valence electrons. The van der Waals surface area contributed by atoms with Gasteiger partial charge in [0.15, 0.2) is 0 Å². The third kappa shape index (κ3) is 3.46. The first-order chi connectivity index (χ1) is 9.53. The van der Waals surface area contributed by atoms with Crippen molar-refractivity contribution in [3.05, 3.63) is 59.8 Å². The van der Waals surface area contributed by atoms with Gasteiger partial charge in [-0.3, -0.25) is 4.90 Å². The highest BCUT2D eigenvalue weighted by Crippen LogP contribution is 2.21. The highest BCUT2D eigenvalue weighted by Gasteiger charge is 2.28. The second-order valence-electron chi connectivity index (χ2n) is 5.49. The third-order valence-electron chi connectivity index (χ3n) is 3.86. The number of halogens is 1. The van der Waals surface area contributed by atoms with Crippen LogP contribution in [0.5, 0.6) is 0 Å². The summed E-state index contributed by atoms with van der Waals surface area (Å²) in [4.78, 5) is 2.21. The number of benzene rings is 1. The Kier molecular flexibility index (Phi) is 4.57. The Labute approximate surface area is 119 Å². The normalized spacial score (nSPS) is 14.4. The molecular weight excluding hydrogens is 255 g/mol. The number of likely N-dealkylation sites (N-methyl/N-ethyl adjacent to an activating group) is 1. The molecule has 0 bridgehead atoms. The first-order valence-electron chi connectivity index (χ1n) is 6.70. The Morgan fingerprint density at radius 1 is 1.20 bits per heavy atom. The smallest absolute Gasteiger partial charge is 0.123 e. The minimum Gasteiger partial charge on any atom is -0.472 e. The van der Waals surface area contributed by atoms with Gasteiger partial charge in [-0.1, -0.05) is 12.1 Å². The van der Waals surface area contributed by atoms with Crippen LogP contribution in [0.1, 0.15) is 18.1 Å². The molecule has 0 aliphatic rings. The molecule has 20 heavy (non-hydrogen) atoms. The highest BCUT2D eigenvalue weighted by molar-refractivity contribution is 5.19. The SMILES string of the molecule is CN(Cc1ccoc1)C(C)(CN)Cc1ccc(F)cc1. The molecule has 1 aromatic carbocycles.